The zero-order valence-corrected chi connectivity index (χ0v) is 11.5. The van der Waals surface area contributed by atoms with Crippen LogP contribution in [0.1, 0.15) is 12.6 Å². The van der Waals surface area contributed by atoms with Gasteiger partial charge in [0.1, 0.15) is 12.0 Å². The molecule has 0 bridgehead atoms. The summed E-state index contributed by atoms with van der Waals surface area (Å²) >= 11 is 0. The number of anilines is 1. The Bertz CT molecular complexity index is 468. The number of nitrogens with two attached hydrogens (primary N) is 1. The van der Waals surface area contributed by atoms with E-state index < -0.39 is 5.69 Å². The van der Waals surface area contributed by atoms with Crippen molar-refractivity contribution in [1.82, 2.24) is 9.55 Å². The van der Waals surface area contributed by atoms with Crippen LogP contribution < -0.4 is 11.4 Å². The highest BCUT2D eigenvalue weighted by atomic mass is 33.1. The quantitative estimate of drug-likeness (QED) is 0.779. The van der Waals surface area contributed by atoms with Crippen LogP contribution in [0.5, 0.6) is 0 Å². The molecule has 0 amide bonds. The minimum absolute atomic E-state index is 0.0497. The van der Waals surface area contributed by atoms with E-state index in [9.17, 15) is 9.90 Å². The summed E-state index contributed by atoms with van der Waals surface area (Å²) in [5.74, 6) is 0.197. The first-order chi connectivity index (χ1) is 8.65. The third kappa shape index (κ3) is 2.82. The van der Waals surface area contributed by atoms with Crippen LogP contribution in [-0.2, 0) is 4.74 Å². The van der Waals surface area contributed by atoms with Crippen molar-refractivity contribution >= 4 is 27.4 Å². The van der Waals surface area contributed by atoms with Gasteiger partial charge in [0, 0.05) is 17.9 Å². The minimum Gasteiger partial charge on any atom is -0.394 e. The summed E-state index contributed by atoms with van der Waals surface area (Å²) in [6.45, 7) is -0.0497. The van der Waals surface area contributed by atoms with Gasteiger partial charge < -0.3 is 15.6 Å². The molecular weight excluding hydrogens is 274 g/mol. The van der Waals surface area contributed by atoms with Crippen molar-refractivity contribution in [1.29, 1.82) is 0 Å². The lowest BCUT2D eigenvalue weighted by molar-refractivity contribution is -0.0236. The van der Waals surface area contributed by atoms with Crippen LogP contribution in [0.15, 0.2) is 17.1 Å². The maximum atomic E-state index is 11.7. The van der Waals surface area contributed by atoms with Crippen molar-refractivity contribution in [3.8, 4) is 0 Å². The van der Waals surface area contributed by atoms with E-state index in [1.54, 1.807) is 33.9 Å². The Morgan fingerprint density at radius 1 is 1.72 bits per heavy atom. The minimum atomic E-state index is -0.425. The van der Waals surface area contributed by atoms with E-state index in [1.807, 2.05) is 6.26 Å². The fourth-order valence-electron chi connectivity index (χ4n) is 1.91. The van der Waals surface area contributed by atoms with Crippen molar-refractivity contribution in [2.24, 2.45) is 0 Å². The molecule has 0 aromatic carbocycles. The fraction of sp³-hybridized carbons (Fsp3) is 0.600. The highest BCUT2D eigenvalue weighted by molar-refractivity contribution is 8.76. The molecule has 3 N–H and O–H groups in total. The molecule has 1 aliphatic heterocycles. The third-order valence-electron chi connectivity index (χ3n) is 2.74. The van der Waals surface area contributed by atoms with Gasteiger partial charge in [0.05, 0.1) is 12.7 Å². The predicted molar refractivity (Wildman–Crippen MR) is 73.4 cm³/mol. The Labute approximate surface area is 112 Å². The van der Waals surface area contributed by atoms with Gasteiger partial charge in [0.15, 0.2) is 0 Å². The van der Waals surface area contributed by atoms with E-state index in [0.29, 0.717) is 6.42 Å². The number of hydrogen-bond acceptors (Lipinski definition) is 7. The maximum absolute atomic E-state index is 11.7. The molecule has 1 saturated heterocycles. The highest BCUT2D eigenvalue weighted by Crippen LogP contribution is 2.39. The van der Waals surface area contributed by atoms with Crippen LogP contribution in [0.2, 0.25) is 0 Å². The number of aliphatic hydroxyl groups is 1. The number of rotatable bonds is 4. The number of nitrogen functional groups attached to an aromatic ring is 1. The first kappa shape index (κ1) is 13.7. The van der Waals surface area contributed by atoms with Gasteiger partial charge in [0.25, 0.3) is 0 Å². The normalized spacial score (nSPS) is 27.6. The van der Waals surface area contributed by atoms with Crippen LogP contribution in [-0.4, -0.2) is 38.9 Å². The van der Waals surface area contributed by atoms with Crippen LogP contribution in [0.4, 0.5) is 5.82 Å². The fourth-order valence-corrected chi connectivity index (χ4v) is 4.02. The molecule has 100 valence electrons. The summed E-state index contributed by atoms with van der Waals surface area (Å²) in [5, 5.41) is 9.44. The second-order valence-corrected chi connectivity index (χ2v) is 6.60. The summed E-state index contributed by atoms with van der Waals surface area (Å²) < 4.78 is 7.10. The van der Waals surface area contributed by atoms with Crippen molar-refractivity contribution < 1.29 is 9.84 Å². The van der Waals surface area contributed by atoms with Gasteiger partial charge in [0.2, 0.25) is 0 Å². The third-order valence-corrected chi connectivity index (χ3v) is 5.00. The largest absolute Gasteiger partial charge is 0.394 e. The van der Waals surface area contributed by atoms with Gasteiger partial charge in [-0.05, 0) is 12.3 Å². The molecule has 0 spiro atoms. The number of hydrogen-bond donors (Lipinski definition) is 2. The summed E-state index contributed by atoms with van der Waals surface area (Å²) in [6, 6.07) is 1.56. The molecule has 8 heteroatoms. The Balaban J connectivity index is 2.18. The average molecular weight is 289 g/mol. The van der Waals surface area contributed by atoms with E-state index in [1.165, 1.54) is 4.57 Å². The van der Waals surface area contributed by atoms with Crippen LogP contribution in [0.3, 0.4) is 0 Å². The van der Waals surface area contributed by atoms with Crippen molar-refractivity contribution in [2.75, 3.05) is 18.6 Å². The number of nitrogens with zero attached hydrogens (tertiary/aromatic N) is 2. The lowest BCUT2D eigenvalue weighted by Crippen LogP contribution is -2.27. The summed E-state index contributed by atoms with van der Waals surface area (Å²) in [4.78, 5) is 15.4. The molecule has 0 radical (unpaired) electrons. The predicted octanol–water partition coefficient (Wildman–Crippen LogP) is 0.485. The smallest absolute Gasteiger partial charge is 0.351 e. The Kier molecular flexibility index (Phi) is 4.55. The lowest BCUT2D eigenvalue weighted by Gasteiger charge is -2.14. The van der Waals surface area contributed by atoms with Crippen LogP contribution in [0.25, 0.3) is 0 Å². The molecule has 1 aromatic heterocycles. The van der Waals surface area contributed by atoms with E-state index in [4.69, 9.17) is 10.5 Å². The highest BCUT2D eigenvalue weighted by Gasteiger charge is 2.36. The first-order valence-electron chi connectivity index (χ1n) is 5.46. The van der Waals surface area contributed by atoms with Gasteiger partial charge >= 0.3 is 5.69 Å². The zero-order valence-electron chi connectivity index (χ0n) is 9.85. The number of aromatic nitrogens is 2. The Morgan fingerprint density at radius 3 is 3.11 bits per heavy atom. The molecule has 0 saturated carbocycles. The summed E-state index contributed by atoms with van der Waals surface area (Å²) in [5.41, 5.74) is 5.02. The van der Waals surface area contributed by atoms with Crippen LogP contribution in [0, 0.1) is 0 Å². The molecule has 3 atom stereocenters. The molecule has 1 aliphatic rings. The van der Waals surface area contributed by atoms with Gasteiger partial charge in [-0.25, -0.2) is 4.79 Å². The summed E-state index contributed by atoms with van der Waals surface area (Å²) in [6.07, 6.45) is 3.59. The first-order valence-corrected chi connectivity index (χ1v) is 8.08. The molecular formula is C10H15N3O3S2. The van der Waals surface area contributed by atoms with Crippen molar-refractivity contribution in [3.63, 3.8) is 0 Å². The van der Waals surface area contributed by atoms with Crippen molar-refractivity contribution in [3.05, 3.63) is 22.7 Å². The Morgan fingerprint density at radius 2 is 2.50 bits per heavy atom. The topological polar surface area (TPSA) is 90.4 Å². The summed E-state index contributed by atoms with van der Waals surface area (Å²) in [7, 11) is 3.27. The average Bonchev–Trinajstić information content (AvgIpc) is 2.72. The standard InChI is InChI=1S/C10H15N3O3S2/c1-17-18-7-4-9(16-6(7)5-14)13-3-2-8(11)12-10(13)15/h2-3,6-7,9,14H,4-5H2,1H3,(H2,11,12,15)/t6-,7?,9-/m1/s1. The SMILES string of the molecule is CSSC1C[C@H](n2ccc(N)nc2=O)O[C@@H]1CO. The molecule has 6 nitrogen and oxygen atoms in total. The Hall–Kier alpha value is -0.700. The molecule has 1 aromatic rings. The second kappa shape index (κ2) is 5.96. The maximum Gasteiger partial charge on any atom is 0.351 e. The molecule has 2 heterocycles. The van der Waals surface area contributed by atoms with Gasteiger partial charge in [-0.2, -0.15) is 4.98 Å². The zero-order chi connectivity index (χ0) is 13.1. The number of aliphatic hydroxyl groups excluding tert-OH is 1. The van der Waals surface area contributed by atoms with E-state index in [2.05, 4.69) is 4.98 Å². The van der Waals surface area contributed by atoms with Gasteiger partial charge in [-0.1, -0.05) is 21.6 Å². The molecule has 18 heavy (non-hydrogen) atoms. The monoisotopic (exact) mass is 289 g/mol. The number of ether oxygens (including phenoxy) is 1. The van der Waals surface area contributed by atoms with E-state index in [-0.39, 0.29) is 30.0 Å². The molecule has 1 unspecified atom stereocenters. The molecule has 2 rings (SSSR count). The van der Waals surface area contributed by atoms with Crippen LogP contribution >= 0.6 is 21.6 Å². The van der Waals surface area contributed by atoms with Crippen molar-refractivity contribution in [2.45, 2.75) is 24.0 Å². The van der Waals surface area contributed by atoms with Gasteiger partial charge in [-0.15, -0.1) is 0 Å². The van der Waals surface area contributed by atoms with E-state index >= 15 is 0 Å². The molecule has 0 aliphatic carbocycles. The lowest BCUT2D eigenvalue weighted by atomic mass is 10.2. The van der Waals surface area contributed by atoms with E-state index in [0.717, 1.165) is 0 Å². The van der Waals surface area contributed by atoms with Gasteiger partial charge in [-0.3, -0.25) is 4.57 Å². The second-order valence-electron chi connectivity index (χ2n) is 3.89. The molecule has 1 fully saturated rings.